The highest BCUT2D eigenvalue weighted by atomic mass is 16.5. The third-order valence-corrected chi connectivity index (χ3v) is 3.15. The average Bonchev–Trinajstić information content (AvgIpc) is 2.31. The smallest absolute Gasteiger partial charge is 0.0770 e. The van der Waals surface area contributed by atoms with Crippen LogP contribution in [0.2, 0.25) is 0 Å². The van der Waals surface area contributed by atoms with Crippen LogP contribution in [0.3, 0.4) is 0 Å². The summed E-state index contributed by atoms with van der Waals surface area (Å²) in [6.45, 7) is 2.97. The Morgan fingerprint density at radius 3 is 2.94 bits per heavy atom. The van der Waals surface area contributed by atoms with Gasteiger partial charge < -0.3 is 10.1 Å². The van der Waals surface area contributed by atoms with Crippen molar-refractivity contribution in [2.75, 3.05) is 13.7 Å². The van der Waals surface area contributed by atoms with Crippen LogP contribution in [0.4, 0.5) is 0 Å². The summed E-state index contributed by atoms with van der Waals surface area (Å²) in [7, 11) is 1.99. The first kappa shape index (κ1) is 11.6. The number of likely N-dealkylation sites (N-methyl/N-ethyl adjacent to an activating group) is 1. The minimum absolute atomic E-state index is 0.271. The second kappa shape index (κ2) is 5.41. The van der Waals surface area contributed by atoms with E-state index in [1.165, 1.54) is 24.0 Å². The fourth-order valence-corrected chi connectivity index (χ4v) is 2.34. The van der Waals surface area contributed by atoms with Crippen LogP contribution in [-0.2, 0) is 4.74 Å². The van der Waals surface area contributed by atoms with Gasteiger partial charge in [-0.25, -0.2) is 0 Å². The first-order chi connectivity index (χ1) is 7.81. The standard InChI is InChI=1S/C13H20N2O/c1-10-7-11(9-15-8-10)13(14-2)12-5-3-4-6-16-12/h7-9,12-14H,3-6H2,1-2H3. The Kier molecular flexibility index (Phi) is 3.91. The Balaban J connectivity index is 2.14. The number of aromatic nitrogens is 1. The molecule has 0 amide bonds. The summed E-state index contributed by atoms with van der Waals surface area (Å²) >= 11 is 0. The van der Waals surface area contributed by atoms with Crippen LogP contribution < -0.4 is 5.32 Å². The molecule has 2 atom stereocenters. The van der Waals surface area contributed by atoms with Gasteiger partial charge in [0.05, 0.1) is 12.1 Å². The highest BCUT2D eigenvalue weighted by Gasteiger charge is 2.24. The zero-order valence-electron chi connectivity index (χ0n) is 10.1. The number of hydrogen-bond acceptors (Lipinski definition) is 3. The van der Waals surface area contributed by atoms with E-state index in [0.29, 0.717) is 6.10 Å². The van der Waals surface area contributed by atoms with Crippen molar-refractivity contribution in [1.29, 1.82) is 0 Å². The summed E-state index contributed by atoms with van der Waals surface area (Å²) in [5.74, 6) is 0. The molecule has 2 unspecified atom stereocenters. The highest BCUT2D eigenvalue weighted by Crippen LogP contribution is 2.26. The second-order valence-corrected chi connectivity index (χ2v) is 4.47. The van der Waals surface area contributed by atoms with Crippen LogP contribution in [0.25, 0.3) is 0 Å². The monoisotopic (exact) mass is 220 g/mol. The molecule has 3 heteroatoms. The van der Waals surface area contributed by atoms with Crippen molar-refractivity contribution in [2.24, 2.45) is 0 Å². The lowest BCUT2D eigenvalue weighted by molar-refractivity contribution is -0.00669. The number of rotatable bonds is 3. The maximum atomic E-state index is 5.83. The van der Waals surface area contributed by atoms with E-state index in [0.717, 1.165) is 13.0 Å². The molecule has 1 aromatic heterocycles. The minimum Gasteiger partial charge on any atom is -0.376 e. The van der Waals surface area contributed by atoms with Crippen molar-refractivity contribution in [3.8, 4) is 0 Å². The Hall–Kier alpha value is -0.930. The van der Waals surface area contributed by atoms with Crippen LogP contribution in [0.1, 0.15) is 36.4 Å². The number of hydrogen-bond donors (Lipinski definition) is 1. The zero-order valence-corrected chi connectivity index (χ0v) is 10.1. The summed E-state index contributed by atoms with van der Waals surface area (Å²) in [4.78, 5) is 4.25. The molecule has 0 saturated carbocycles. The van der Waals surface area contributed by atoms with E-state index in [-0.39, 0.29) is 6.04 Å². The molecule has 0 aromatic carbocycles. The molecular weight excluding hydrogens is 200 g/mol. The van der Waals surface area contributed by atoms with E-state index in [9.17, 15) is 0 Å². The van der Waals surface area contributed by atoms with Gasteiger partial charge in [-0.15, -0.1) is 0 Å². The van der Waals surface area contributed by atoms with Gasteiger partial charge in [0.15, 0.2) is 0 Å². The summed E-state index contributed by atoms with van der Waals surface area (Å²) in [5, 5.41) is 3.35. The Morgan fingerprint density at radius 2 is 2.31 bits per heavy atom. The van der Waals surface area contributed by atoms with E-state index in [4.69, 9.17) is 4.74 Å². The van der Waals surface area contributed by atoms with Gasteiger partial charge in [-0.3, -0.25) is 4.98 Å². The first-order valence-corrected chi connectivity index (χ1v) is 6.01. The van der Waals surface area contributed by atoms with Gasteiger partial charge in [0, 0.05) is 19.0 Å². The summed E-state index contributed by atoms with van der Waals surface area (Å²) in [5.41, 5.74) is 2.43. The molecule has 3 nitrogen and oxygen atoms in total. The third kappa shape index (κ3) is 2.60. The predicted octanol–water partition coefficient (Wildman–Crippen LogP) is 2.22. The molecule has 88 valence electrons. The summed E-state index contributed by atoms with van der Waals surface area (Å²) in [6, 6.07) is 2.46. The summed E-state index contributed by atoms with van der Waals surface area (Å²) in [6.07, 6.45) is 7.72. The first-order valence-electron chi connectivity index (χ1n) is 6.01. The molecule has 0 radical (unpaired) electrons. The lowest BCUT2D eigenvalue weighted by Crippen LogP contribution is -2.34. The molecule has 0 spiro atoms. The molecular formula is C13H20N2O. The third-order valence-electron chi connectivity index (χ3n) is 3.15. The molecule has 16 heavy (non-hydrogen) atoms. The van der Waals surface area contributed by atoms with Crippen LogP contribution in [0.15, 0.2) is 18.5 Å². The Labute approximate surface area is 97.2 Å². The van der Waals surface area contributed by atoms with Gasteiger partial charge >= 0.3 is 0 Å². The lowest BCUT2D eigenvalue weighted by Gasteiger charge is -2.30. The molecule has 0 bridgehead atoms. The Bertz CT molecular complexity index is 334. The quantitative estimate of drug-likeness (QED) is 0.848. The van der Waals surface area contributed by atoms with Gasteiger partial charge in [-0.2, -0.15) is 0 Å². The number of aryl methyl sites for hydroxylation is 1. The van der Waals surface area contributed by atoms with E-state index in [2.05, 4.69) is 23.3 Å². The fraction of sp³-hybridized carbons (Fsp3) is 0.615. The lowest BCUT2D eigenvalue weighted by atomic mass is 9.96. The normalized spacial score (nSPS) is 23.0. The number of pyridine rings is 1. The van der Waals surface area contributed by atoms with E-state index in [1.54, 1.807) is 0 Å². The molecule has 1 saturated heterocycles. The van der Waals surface area contributed by atoms with E-state index < -0.39 is 0 Å². The van der Waals surface area contributed by atoms with Crippen LogP contribution in [0.5, 0.6) is 0 Å². The molecule has 1 aliphatic heterocycles. The Morgan fingerprint density at radius 1 is 1.44 bits per heavy atom. The molecule has 1 aromatic rings. The van der Waals surface area contributed by atoms with Crippen LogP contribution >= 0.6 is 0 Å². The van der Waals surface area contributed by atoms with E-state index >= 15 is 0 Å². The maximum Gasteiger partial charge on any atom is 0.0770 e. The van der Waals surface area contributed by atoms with Crippen molar-refractivity contribution in [2.45, 2.75) is 38.3 Å². The van der Waals surface area contributed by atoms with Gasteiger partial charge in [0.2, 0.25) is 0 Å². The molecule has 1 fully saturated rings. The van der Waals surface area contributed by atoms with Crippen molar-refractivity contribution >= 4 is 0 Å². The average molecular weight is 220 g/mol. The zero-order chi connectivity index (χ0) is 11.4. The van der Waals surface area contributed by atoms with Crippen molar-refractivity contribution < 1.29 is 4.74 Å². The number of nitrogens with one attached hydrogen (secondary N) is 1. The number of nitrogens with zero attached hydrogens (tertiary/aromatic N) is 1. The maximum absolute atomic E-state index is 5.83. The van der Waals surface area contributed by atoms with Crippen molar-refractivity contribution in [3.05, 3.63) is 29.6 Å². The van der Waals surface area contributed by atoms with Gasteiger partial charge in [0.1, 0.15) is 0 Å². The topological polar surface area (TPSA) is 34.2 Å². The molecule has 1 N–H and O–H groups in total. The SMILES string of the molecule is CNC(c1cncc(C)c1)C1CCCCO1. The van der Waals surface area contributed by atoms with Crippen LogP contribution in [-0.4, -0.2) is 24.7 Å². The van der Waals surface area contributed by atoms with Crippen molar-refractivity contribution in [3.63, 3.8) is 0 Å². The van der Waals surface area contributed by atoms with Crippen LogP contribution in [0, 0.1) is 6.92 Å². The second-order valence-electron chi connectivity index (χ2n) is 4.47. The molecule has 1 aliphatic rings. The van der Waals surface area contributed by atoms with Crippen molar-refractivity contribution in [1.82, 2.24) is 10.3 Å². The molecule has 0 aliphatic carbocycles. The summed E-state index contributed by atoms with van der Waals surface area (Å²) < 4.78 is 5.83. The largest absolute Gasteiger partial charge is 0.376 e. The fourth-order valence-electron chi connectivity index (χ4n) is 2.34. The van der Waals surface area contributed by atoms with Gasteiger partial charge in [-0.1, -0.05) is 6.07 Å². The minimum atomic E-state index is 0.271. The predicted molar refractivity (Wildman–Crippen MR) is 64.4 cm³/mol. The molecule has 2 heterocycles. The highest BCUT2D eigenvalue weighted by molar-refractivity contribution is 5.21. The van der Waals surface area contributed by atoms with Gasteiger partial charge in [0.25, 0.3) is 0 Å². The molecule has 2 rings (SSSR count). The van der Waals surface area contributed by atoms with Gasteiger partial charge in [-0.05, 0) is 44.4 Å². The number of ether oxygens (including phenoxy) is 1. The van der Waals surface area contributed by atoms with E-state index in [1.807, 2.05) is 19.4 Å².